The highest BCUT2D eigenvalue weighted by atomic mass is 16.4. The van der Waals surface area contributed by atoms with Crippen molar-refractivity contribution in [2.24, 2.45) is 0 Å². The van der Waals surface area contributed by atoms with Gasteiger partial charge in [0, 0.05) is 18.7 Å². The average molecular weight is 241 g/mol. The summed E-state index contributed by atoms with van der Waals surface area (Å²) in [5.41, 5.74) is -0.174. The molecule has 0 aliphatic carbocycles. The molecule has 5 heteroatoms. The number of hydrogen-bond donors (Lipinski definition) is 3. The van der Waals surface area contributed by atoms with Crippen LogP contribution in [0.1, 0.15) is 42.8 Å². The Labute approximate surface area is 100 Å². The van der Waals surface area contributed by atoms with Gasteiger partial charge in [-0.25, -0.2) is 4.79 Å². The number of carboxylic acid groups (broad SMARTS) is 1. The van der Waals surface area contributed by atoms with Crippen LogP contribution in [0.15, 0.2) is 16.7 Å². The quantitative estimate of drug-likeness (QED) is 0.675. The Morgan fingerprint density at radius 3 is 2.88 bits per heavy atom. The second kappa shape index (κ2) is 5.84. The highest BCUT2D eigenvalue weighted by Gasteiger charge is 2.19. The molecular weight excluding hydrogens is 222 g/mol. The fraction of sp³-hybridized carbons (Fsp3) is 0.583. The molecule has 1 heterocycles. The Bertz CT molecular complexity index is 370. The SMILES string of the molecule is CCCC(C)(O)CNCc1ccoc1C(=O)O. The normalized spacial score (nSPS) is 14.5. The van der Waals surface area contributed by atoms with Crippen molar-refractivity contribution in [2.45, 2.75) is 38.8 Å². The van der Waals surface area contributed by atoms with Crippen LogP contribution in [0, 0.1) is 0 Å². The van der Waals surface area contributed by atoms with Crippen LogP contribution in [0.2, 0.25) is 0 Å². The number of carboxylic acids is 1. The zero-order chi connectivity index (χ0) is 12.9. The van der Waals surface area contributed by atoms with Crippen molar-refractivity contribution in [3.63, 3.8) is 0 Å². The summed E-state index contributed by atoms with van der Waals surface area (Å²) in [5.74, 6) is -1.13. The summed E-state index contributed by atoms with van der Waals surface area (Å²) in [6.45, 7) is 4.56. The molecular formula is C12H19NO4. The molecule has 1 aromatic heterocycles. The van der Waals surface area contributed by atoms with E-state index in [1.807, 2.05) is 6.92 Å². The van der Waals surface area contributed by atoms with Crippen molar-refractivity contribution in [3.05, 3.63) is 23.7 Å². The second-order valence-corrected chi connectivity index (χ2v) is 4.43. The van der Waals surface area contributed by atoms with E-state index < -0.39 is 11.6 Å². The van der Waals surface area contributed by atoms with E-state index in [-0.39, 0.29) is 5.76 Å². The molecule has 17 heavy (non-hydrogen) atoms. The first-order valence-corrected chi connectivity index (χ1v) is 5.69. The summed E-state index contributed by atoms with van der Waals surface area (Å²) in [7, 11) is 0. The number of hydrogen-bond acceptors (Lipinski definition) is 4. The Morgan fingerprint density at radius 1 is 1.59 bits per heavy atom. The molecule has 0 aliphatic heterocycles. The number of carbonyl (C=O) groups is 1. The number of nitrogens with one attached hydrogen (secondary N) is 1. The Balaban J connectivity index is 2.46. The minimum Gasteiger partial charge on any atom is -0.475 e. The molecule has 0 bridgehead atoms. The van der Waals surface area contributed by atoms with Crippen molar-refractivity contribution in [3.8, 4) is 0 Å². The Morgan fingerprint density at radius 2 is 2.29 bits per heavy atom. The Kier molecular flexibility index (Phi) is 4.72. The smallest absolute Gasteiger partial charge is 0.372 e. The number of furan rings is 1. The monoisotopic (exact) mass is 241 g/mol. The molecule has 1 atom stereocenters. The summed E-state index contributed by atoms with van der Waals surface area (Å²) >= 11 is 0. The van der Waals surface area contributed by atoms with Gasteiger partial charge >= 0.3 is 5.97 Å². The van der Waals surface area contributed by atoms with Crippen molar-refractivity contribution >= 4 is 5.97 Å². The van der Waals surface area contributed by atoms with E-state index >= 15 is 0 Å². The van der Waals surface area contributed by atoms with Gasteiger partial charge < -0.3 is 19.9 Å². The lowest BCUT2D eigenvalue weighted by Gasteiger charge is -2.22. The van der Waals surface area contributed by atoms with Gasteiger partial charge in [-0.15, -0.1) is 0 Å². The van der Waals surface area contributed by atoms with Gasteiger partial charge in [0.05, 0.1) is 11.9 Å². The fourth-order valence-corrected chi connectivity index (χ4v) is 1.76. The van der Waals surface area contributed by atoms with Crippen LogP contribution >= 0.6 is 0 Å². The second-order valence-electron chi connectivity index (χ2n) is 4.43. The highest BCUT2D eigenvalue weighted by molar-refractivity contribution is 5.86. The fourth-order valence-electron chi connectivity index (χ4n) is 1.76. The van der Waals surface area contributed by atoms with Crippen LogP contribution in [-0.2, 0) is 6.54 Å². The minimum atomic E-state index is -1.08. The summed E-state index contributed by atoms with van der Waals surface area (Å²) in [5, 5.41) is 21.8. The first-order valence-electron chi connectivity index (χ1n) is 5.69. The maximum absolute atomic E-state index is 10.8. The third kappa shape index (κ3) is 4.20. The molecule has 5 nitrogen and oxygen atoms in total. The molecule has 0 radical (unpaired) electrons. The van der Waals surface area contributed by atoms with Crippen molar-refractivity contribution < 1.29 is 19.4 Å². The van der Waals surface area contributed by atoms with Crippen molar-refractivity contribution in [1.82, 2.24) is 5.32 Å². The lowest BCUT2D eigenvalue weighted by Crippen LogP contribution is -2.37. The van der Waals surface area contributed by atoms with Gasteiger partial charge in [-0.3, -0.25) is 0 Å². The Hall–Kier alpha value is -1.33. The van der Waals surface area contributed by atoms with Crippen LogP contribution in [0.25, 0.3) is 0 Å². The van der Waals surface area contributed by atoms with E-state index in [1.165, 1.54) is 6.26 Å². The molecule has 3 N–H and O–H groups in total. The average Bonchev–Trinajstić information content (AvgIpc) is 2.65. The van der Waals surface area contributed by atoms with Gasteiger partial charge in [0.15, 0.2) is 0 Å². The molecule has 1 unspecified atom stereocenters. The summed E-state index contributed by atoms with van der Waals surface area (Å²) in [4.78, 5) is 10.8. The molecule has 1 aromatic rings. The molecule has 0 spiro atoms. The van der Waals surface area contributed by atoms with E-state index in [0.29, 0.717) is 25.1 Å². The van der Waals surface area contributed by atoms with Crippen LogP contribution in [0.3, 0.4) is 0 Å². The van der Waals surface area contributed by atoms with Crippen LogP contribution < -0.4 is 5.32 Å². The molecule has 0 fully saturated rings. The van der Waals surface area contributed by atoms with E-state index in [9.17, 15) is 9.90 Å². The molecule has 0 amide bonds. The first kappa shape index (κ1) is 13.7. The van der Waals surface area contributed by atoms with Crippen LogP contribution in [0.4, 0.5) is 0 Å². The lowest BCUT2D eigenvalue weighted by molar-refractivity contribution is 0.0497. The van der Waals surface area contributed by atoms with Gasteiger partial charge in [0.2, 0.25) is 5.76 Å². The number of rotatable bonds is 7. The van der Waals surface area contributed by atoms with Gasteiger partial charge in [0.1, 0.15) is 0 Å². The highest BCUT2D eigenvalue weighted by Crippen LogP contribution is 2.12. The molecule has 0 aliphatic rings. The molecule has 96 valence electrons. The van der Waals surface area contributed by atoms with E-state index in [0.717, 1.165) is 6.42 Å². The van der Waals surface area contributed by atoms with Crippen molar-refractivity contribution in [2.75, 3.05) is 6.54 Å². The number of aliphatic hydroxyl groups is 1. The standard InChI is InChI=1S/C12H19NO4/c1-3-5-12(2,16)8-13-7-9-4-6-17-10(9)11(14)15/h4,6,13,16H,3,5,7-8H2,1-2H3,(H,14,15). The summed E-state index contributed by atoms with van der Waals surface area (Å²) < 4.78 is 4.85. The third-order valence-electron chi connectivity index (χ3n) is 2.55. The molecule has 0 saturated carbocycles. The largest absolute Gasteiger partial charge is 0.475 e. The maximum Gasteiger partial charge on any atom is 0.372 e. The van der Waals surface area contributed by atoms with Gasteiger partial charge in [-0.2, -0.15) is 0 Å². The van der Waals surface area contributed by atoms with Gasteiger partial charge in [-0.05, 0) is 19.4 Å². The zero-order valence-electron chi connectivity index (χ0n) is 10.2. The van der Waals surface area contributed by atoms with Crippen LogP contribution in [0.5, 0.6) is 0 Å². The first-order chi connectivity index (χ1) is 7.96. The lowest BCUT2D eigenvalue weighted by atomic mass is 10.0. The molecule has 0 saturated heterocycles. The van der Waals surface area contributed by atoms with Gasteiger partial charge in [-0.1, -0.05) is 13.3 Å². The minimum absolute atomic E-state index is 0.0485. The summed E-state index contributed by atoms with van der Waals surface area (Å²) in [6, 6.07) is 1.62. The molecule has 1 rings (SSSR count). The van der Waals surface area contributed by atoms with Crippen molar-refractivity contribution in [1.29, 1.82) is 0 Å². The predicted octanol–water partition coefficient (Wildman–Crippen LogP) is 1.62. The van der Waals surface area contributed by atoms with Crippen LogP contribution in [-0.4, -0.2) is 28.3 Å². The van der Waals surface area contributed by atoms with E-state index in [4.69, 9.17) is 9.52 Å². The molecule has 0 aromatic carbocycles. The topological polar surface area (TPSA) is 82.7 Å². The number of aromatic carboxylic acids is 1. The third-order valence-corrected chi connectivity index (χ3v) is 2.55. The maximum atomic E-state index is 10.8. The van der Waals surface area contributed by atoms with Gasteiger partial charge in [0.25, 0.3) is 0 Å². The summed E-state index contributed by atoms with van der Waals surface area (Å²) in [6.07, 6.45) is 2.96. The van der Waals surface area contributed by atoms with E-state index in [1.54, 1.807) is 13.0 Å². The van der Waals surface area contributed by atoms with E-state index in [2.05, 4.69) is 5.32 Å². The predicted molar refractivity (Wildman–Crippen MR) is 62.9 cm³/mol. The zero-order valence-corrected chi connectivity index (χ0v) is 10.2.